The molecule has 36 heavy (non-hydrogen) atoms. The van der Waals surface area contributed by atoms with Crippen LogP contribution in [0.2, 0.25) is 0 Å². The zero-order valence-electron chi connectivity index (χ0n) is 20.8. The van der Waals surface area contributed by atoms with E-state index < -0.39 is 29.4 Å². The van der Waals surface area contributed by atoms with Crippen LogP contribution in [0.25, 0.3) is 11.3 Å². The van der Waals surface area contributed by atoms with Gasteiger partial charge in [-0.25, -0.2) is 9.78 Å². The molecular formula is C27H30N4O4S. The summed E-state index contributed by atoms with van der Waals surface area (Å²) in [5.74, 6) is -0.934. The quantitative estimate of drug-likeness (QED) is 0.436. The highest BCUT2D eigenvalue weighted by atomic mass is 32.1. The van der Waals surface area contributed by atoms with Crippen LogP contribution in [0, 0.1) is 0 Å². The van der Waals surface area contributed by atoms with Crippen LogP contribution in [-0.2, 0) is 24.5 Å². The predicted molar refractivity (Wildman–Crippen MR) is 139 cm³/mol. The molecule has 3 unspecified atom stereocenters. The van der Waals surface area contributed by atoms with Gasteiger partial charge in [-0.05, 0) is 45.4 Å². The predicted octanol–water partition coefficient (Wildman–Crippen LogP) is 4.32. The number of carbonyl (C=O) groups excluding carboxylic acids is 2. The van der Waals surface area contributed by atoms with Gasteiger partial charge in [0.05, 0.1) is 30.5 Å². The minimum Gasteiger partial charge on any atom is -0.465 e. The van der Waals surface area contributed by atoms with Crippen molar-refractivity contribution in [1.29, 1.82) is 0 Å². The van der Waals surface area contributed by atoms with Crippen molar-refractivity contribution in [2.45, 2.75) is 45.2 Å². The van der Waals surface area contributed by atoms with Gasteiger partial charge in [0.1, 0.15) is 5.41 Å². The summed E-state index contributed by atoms with van der Waals surface area (Å²) in [6.45, 7) is 7.69. The molecule has 3 heterocycles. The number of anilines is 1. The first kappa shape index (κ1) is 25.4. The van der Waals surface area contributed by atoms with Crippen LogP contribution in [-0.4, -0.2) is 47.2 Å². The number of pyridine rings is 1. The van der Waals surface area contributed by atoms with Crippen molar-refractivity contribution < 1.29 is 19.1 Å². The lowest BCUT2D eigenvalue weighted by atomic mass is 9.64. The maximum atomic E-state index is 13.9. The van der Waals surface area contributed by atoms with Crippen LogP contribution in [0.1, 0.15) is 33.3 Å². The second kappa shape index (κ2) is 10.9. The SMILES string of the molecule is CCOC(=O)C1=C(C)NC(C)C(C(=O)OCC)(c2ccccc2)C1Nc1nc(-c2ccncc2)cs1. The summed E-state index contributed by atoms with van der Waals surface area (Å²) in [6.07, 6.45) is 3.42. The van der Waals surface area contributed by atoms with Gasteiger partial charge in [0.15, 0.2) is 5.13 Å². The van der Waals surface area contributed by atoms with Gasteiger partial charge in [0.2, 0.25) is 0 Å². The van der Waals surface area contributed by atoms with Gasteiger partial charge in [0.25, 0.3) is 0 Å². The van der Waals surface area contributed by atoms with E-state index in [4.69, 9.17) is 14.5 Å². The Labute approximate surface area is 214 Å². The molecule has 0 aliphatic carbocycles. The van der Waals surface area contributed by atoms with Crippen molar-refractivity contribution in [2.24, 2.45) is 0 Å². The van der Waals surface area contributed by atoms with Crippen molar-refractivity contribution in [3.05, 3.63) is 77.1 Å². The highest BCUT2D eigenvalue weighted by Crippen LogP contribution is 2.43. The summed E-state index contributed by atoms with van der Waals surface area (Å²) < 4.78 is 11.1. The van der Waals surface area contributed by atoms with Gasteiger partial charge < -0.3 is 20.1 Å². The number of aromatic nitrogens is 2. The first-order valence-electron chi connectivity index (χ1n) is 11.9. The van der Waals surface area contributed by atoms with Crippen molar-refractivity contribution in [2.75, 3.05) is 18.5 Å². The fourth-order valence-corrected chi connectivity index (χ4v) is 5.54. The van der Waals surface area contributed by atoms with Crippen LogP contribution < -0.4 is 10.6 Å². The normalized spacial score (nSPS) is 21.4. The van der Waals surface area contributed by atoms with Crippen LogP contribution >= 0.6 is 11.3 Å². The molecule has 2 aromatic heterocycles. The number of allylic oxidation sites excluding steroid dienone is 1. The third-order valence-corrected chi connectivity index (χ3v) is 7.15. The van der Waals surface area contributed by atoms with E-state index in [-0.39, 0.29) is 13.2 Å². The van der Waals surface area contributed by atoms with Crippen LogP contribution in [0.4, 0.5) is 5.13 Å². The molecule has 2 N–H and O–H groups in total. The van der Waals surface area contributed by atoms with Crippen molar-refractivity contribution in [1.82, 2.24) is 15.3 Å². The smallest absolute Gasteiger partial charge is 0.337 e. The Morgan fingerprint density at radius 3 is 2.44 bits per heavy atom. The molecule has 0 radical (unpaired) electrons. The van der Waals surface area contributed by atoms with E-state index in [9.17, 15) is 9.59 Å². The first-order valence-corrected chi connectivity index (χ1v) is 12.8. The van der Waals surface area contributed by atoms with Gasteiger partial charge >= 0.3 is 11.9 Å². The zero-order valence-corrected chi connectivity index (χ0v) is 21.6. The lowest BCUT2D eigenvalue weighted by Gasteiger charge is -2.48. The molecule has 0 amide bonds. The summed E-state index contributed by atoms with van der Waals surface area (Å²) in [4.78, 5) is 36.0. The average Bonchev–Trinajstić information content (AvgIpc) is 3.34. The molecule has 0 bridgehead atoms. The van der Waals surface area contributed by atoms with Crippen LogP contribution in [0.15, 0.2) is 71.5 Å². The second-order valence-electron chi connectivity index (χ2n) is 8.43. The van der Waals surface area contributed by atoms with Crippen molar-refractivity contribution in [3.63, 3.8) is 0 Å². The molecule has 4 rings (SSSR count). The zero-order chi connectivity index (χ0) is 25.7. The van der Waals surface area contributed by atoms with Crippen LogP contribution in [0.5, 0.6) is 0 Å². The van der Waals surface area contributed by atoms with Gasteiger partial charge in [0, 0.05) is 35.1 Å². The Bertz CT molecular complexity index is 1240. The number of esters is 2. The molecule has 3 atom stereocenters. The molecule has 1 aromatic carbocycles. The molecule has 0 spiro atoms. The largest absolute Gasteiger partial charge is 0.465 e. The summed E-state index contributed by atoms with van der Waals surface area (Å²) in [7, 11) is 0. The summed E-state index contributed by atoms with van der Waals surface area (Å²) >= 11 is 1.40. The number of hydrogen-bond donors (Lipinski definition) is 2. The maximum Gasteiger partial charge on any atom is 0.337 e. The molecular weight excluding hydrogens is 476 g/mol. The molecule has 8 nitrogen and oxygen atoms in total. The Hall–Kier alpha value is -3.72. The maximum absolute atomic E-state index is 13.9. The van der Waals surface area contributed by atoms with E-state index in [2.05, 4.69) is 15.6 Å². The number of ether oxygens (including phenoxy) is 2. The number of thiazole rings is 1. The standard InChI is InChI=1S/C27H30N4O4S/c1-5-34-24(32)22-17(3)29-18(4)27(25(33)35-6-2,20-10-8-7-9-11-20)23(22)31-26-30-21(16-36-26)19-12-14-28-15-13-19/h7-16,18,23,29H,5-6H2,1-4H3,(H,30,31). The highest BCUT2D eigenvalue weighted by molar-refractivity contribution is 7.14. The summed E-state index contributed by atoms with van der Waals surface area (Å²) in [6, 6.07) is 12.0. The monoisotopic (exact) mass is 506 g/mol. The van der Waals surface area contributed by atoms with Gasteiger partial charge in [-0.3, -0.25) is 9.78 Å². The van der Waals surface area contributed by atoms with Gasteiger partial charge in [-0.15, -0.1) is 11.3 Å². The molecule has 188 valence electrons. The minimum atomic E-state index is -1.28. The molecule has 0 saturated heterocycles. The molecule has 1 aliphatic heterocycles. The first-order chi connectivity index (χ1) is 17.4. The number of carbonyl (C=O) groups is 2. The van der Waals surface area contributed by atoms with E-state index in [1.54, 1.807) is 26.2 Å². The topological polar surface area (TPSA) is 102 Å². The Balaban J connectivity index is 1.89. The summed E-state index contributed by atoms with van der Waals surface area (Å²) in [5.41, 5.74) is 2.12. The Morgan fingerprint density at radius 1 is 1.08 bits per heavy atom. The molecule has 0 saturated carbocycles. The Morgan fingerprint density at radius 2 is 1.78 bits per heavy atom. The number of nitrogens with zero attached hydrogens (tertiary/aromatic N) is 2. The van der Waals surface area contributed by atoms with Gasteiger partial charge in [-0.2, -0.15) is 0 Å². The van der Waals surface area contributed by atoms with Crippen molar-refractivity contribution in [3.8, 4) is 11.3 Å². The number of rotatable bonds is 8. The van der Waals surface area contributed by atoms with Crippen LogP contribution in [0.3, 0.4) is 0 Å². The molecule has 9 heteroatoms. The van der Waals surface area contributed by atoms with E-state index in [1.165, 1.54) is 11.3 Å². The molecule has 0 fully saturated rings. The van der Waals surface area contributed by atoms with Gasteiger partial charge in [-0.1, -0.05) is 30.3 Å². The highest BCUT2D eigenvalue weighted by Gasteiger charge is 2.58. The van der Waals surface area contributed by atoms with E-state index in [0.717, 1.165) is 16.8 Å². The minimum absolute atomic E-state index is 0.202. The van der Waals surface area contributed by atoms with E-state index >= 15 is 0 Å². The second-order valence-corrected chi connectivity index (χ2v) is 9.29. The van der Waals surface area contributed by atoms with E-state index in [0.29, 0.717) is 16.4 Å². The average molecular weight is 507 g/mol. The lowest BCUT2D eigenvalue weighted by molar-refractivity contribution is -0.152. The number of nitrogens with one attached hydrogen (secondary N) is 2. The van der Waals surface area contributed by atoms with Crippen molar-refractivity contribution >= 4 is 28.4 Å². The molecule has 3 aromatic rings. The third-order valence-electron chi connectivity index (χ3n) is 6.37. The lowest BCUT2D eigenvalue weighted by Crippen LogP contribution is -2.66. The number of benzene rings is 1. The fraction of sp³-hybridized carbons (Fsp3) is 0.333. The Kier molecular flexibility index (Phi) is 7.69. The number of hydrogen-bond acceptors (Lipinski definition) is 9. The fourth-order valence-electron chi connectivity index (χ4n) is 4.79. The third kappa shape index (κ3) is 4.58. The molecule has 1 aliphatic rings. The summed E-state index contributed by atoms with van der Waals surface area (Å²) in [5, 5.41) is 9.30. The van der Waals surface area contributed by atoms with E-state index in [1.807, 2.05) is 61.7 Å².